The number of halogens is 2. The molecule has 0 fully saturated rings. The molecule has 0 unspecified atom stereocenters. The van der Waals surface area contributed by atoms with Crippen LogP contribution in [0.1, 0.15) is 20.7 Å². The molecule has 1 aliphatic carbocycles. The first-order valence-electron chi connectivity index (χ1n) is 6.78. The van der Waals surface area contributed by atoms with E-state index >= 15 is 0 Å². The molecular formula is C17H9BrClNO4. The molecule has 7 heteroatoms. The van der Waals surface area contributed by atoms with Crippen LogP contribution in [0.25, 0.3) is 0 Å². The first-order chi connectivity index (χ1) is 11.4. The predicted molar refractivity (Wildman–Crippen MR) is 92.6 cm³/mol. The number of hydrogen-bond donors (Lipinski definition) is 1. The molecule has 120 valence electrons. The Hall–Kier alpha value is -2.44. The van der Waals surface area contributed by atoms with Crippen molar-refractivity contribution in [3.05, 3.63) is 74.9 Å². The van der Waals surface area contributed by atoms with Gasteiger partial charge in [0.2, 0.25) is 11.6 Å². The van der Waals surface area contributed by atoms with Crippen LogP contribution in [0.15, 0.2) is 63.7 Å². The smallest absolute Gasteiger partial charge is 0.416 e. The normalized spacial score (nSPS) is 13.8. The standard InChI is InChI=1S/C17H9BrClNO4/c18-9-5-7-10(8-6-9)20(17(23)24)14-13(19)15(21)11-3-1-2-4-12(11)16(14)22/h1-8H,(H,23,24). The molecule has 0 radical (unpaired) electrons. The highest BCUT2D eigenvalue weighted by Crippen LogP contribution is 2.33. The zero-order valence-corrected chi connectivity index (χ0v) is 14.3. The number of carboxylic acid groups (broad SMARTS) is 1. The molecule has 2 aromatic rings. The lowest BCUT2D eigenvalue weighted by Crippen LogP contribution is -2.36. The van der Waals surface area contributed by atoms with E-state index in [-0.39, 0.29) is 22.5 Å². The van der Waals surface area contributed by atoms with Crippen LogP contribution in [0.5, 0.6) is 0 Å². The van der Waals surface area contributed by atoms with Crippen molar-refractivity contribution in [1.29, 1.82) is 0 Å². The number of carbonyl (C=O) groups excluding carboxylic acids is 2. The third-order valence-electron chi connectivity index (χ3n) is 3.54. The molecule has 0 bridgehead atoms. The molecule has 0 saturated carbocycles. The minimum atomic E-state index is -1.41. The van der Waals surface area contributed by atoms with Crippen LogP contribution in [0, 0.1) is 0 Å². The summed E-state index contributed by atoms with van der Waals surface area (Å²) in [5, 5.41) is 9.16. The number of benzene rings is 2. The molecule has 1 aliphatic rings. The Morgan fingerprint density at radius 2 is 1.50 bits per heavy atom. The molecule has 0 atom stereocenters. The Labute approximate surface area is 150 Å². The highest BCUT2D eigenvalue weighted by atomic mass is 79.9. The third kappa shape index (κ3) is 2.64. The maximum absolute atomic E-state index is 12.8. The second kappa shape index (κ2) is 6.22. The van der Waals surface area contributed by atoms with Gasteiger partial charge in [-0.1, -0.05) is 51.8 Å². The number of nitrogens with zero attached hydrogens (tertiary/aromatic N) is 1. The Kier molecular flexibility index (Phi) is 4.26. The number of allylic oxidation sites excluding steroid dienone is 2. The highest BCUT2D eigenvalue weighted by Gasteiger charge is 2.37. The molecule has 0 heterocycles. The molecule has 2 aromatic carbocycles. The first kappa shape index (κ1) is 16.4. The van der Waals surface area contributed by atoms with E-state index in [2.05, 4.69) is 15.9 Å². The van der Waals surface area contributed by atoms with Crippen molar-refractivity contribution in [3.63, 3.8) is 0 Å². The number of hydrogen-bond acceptors (Lipinski definition) is 3. The highest BCUT2D eigenvalue weighted by molar-refractivity contribution is 9.10. The van der Waals surface area contributed by atoms with Crippen LogP contribution in [0.4, 0.5) is 10.5 Å². The van der Waals surface area contributed by atoms with Gasteiger partial charge in [-0.2, -0.15) is 0 Å². The Bertz CT molecular complexity index is 905. The molecule has 0 aromatic heterocycles. The monoisotopic (exact) mass is 405 g/mol. The van der Waals surface area contributed by atoms with Crippen molar-refractivity contribution in [2.75, 3.05) is 4.90 Å². The zero-order chi connectivity index (χ0) is 17.4. The van der Waals surface area contributed by atoms with Crippen molar-refractivity contribution in [2.45, 2.75) is 0 Å². The summed E-state index contributed by atoms with van der Waals surface area (Å²) < 4.78 is 0.744. The summed E-state index contributed by atoms with van der Waals surface area (Å²) in [6, 6.07) is 12.4. The van der Waals surface area contributed by atoms with Gasteiger partial charge in [0.15, 0.2) is 0 Å². The van der Waals surface area contributed by atoms with Gasteiger partial charge >= 0.3 is 6.09 Å². The second-order valence-electron chi connectivity index (χ2n) is 4.96. The minimum Gasteiger partial charge on any atom is -0.464 e. The van der Waals surface area contributed by atoms with Gasteiger partial charge in [0, 0.05) is 15.6 Å². The van der Waals surface area contributed by atoms with Gasteiger partial charge in [0.05, 0.1) is 5.69 Å². The summed E-state index contributed by atoms with van der Waals surface area (Å²) in [4.78, 5) is 37.6. The molecule has 0 aliphatic heterocycles. The number of rotatable bonds is 2. The molecule has 0 saturated heterocycles. The van der Waals surface area contributed by atoms with Gasteiger partial charge in [-0.15, -0.1) is 0 Å². The Balaban J connectivity index is 2.20. The molecule has 0 spiro atoms. The fourth-order valence-corrected chi connectivity index (χ4v) is 2.99. The average molecular weight is 407 g/mol. The van der Waals surface area contributed by atoms with Gasteiger partial charge in [0.1, 0.15) is 10.7 Å². The van der Waals surface area contributed by atoms with E-state index in [9.17, 15) is 19.5 Å². The lowest BCUT2D eigenvalue weighted by atomic mass is 9.92. The molecule has 3 rings (SSSR count). The molecule has 1 N–H and O–H groups in total. The summed E-state index contributed by atoms with van der Waals surface area (Å²) >= 11 is 9.33. The van der Waals surface area contributed by atoms with Crippen molar-refractivity contribution in [2.24, 2.45) is 0 Å². The van der Waals surface area contributed by atoms with E-state index in [4.69, 9.17) is 11.6 Å². The number of ketones is 2. The summed E-state index contributed by atoms with van der Waals surface area (Å²) in [6.45, 7) is 0. The topological polar surface area (TPSA) is 74.7 Å². The van der Waals surface area contributed by atoms with Crippen LogP contribution < -0.4 is 4.90 Å². The van der Waals surface area contributed by atoms with Crippen LogP contribution in [-0.2, 0) is 0 Å². The van der Waals surface area contributed by atoms with Crippen molar-refractivity contribution in [1.82, 2.24) is 0 Å². The maximum atomic E-state index is 12.8. The lowest BCUT2D eigenvalue weighted by molar-refractivity contribution is 0.0977. The minimum absolute atomic E-state index is 0.130. The Morgan fingerprint density at radius 1 is 0.958 bits per heavy atom. The van der Waals surface area contributed by atoms with Crippen molar-refractivity contribution < 1.29 is 19.5 Å². The number of Topliss-reactive ketones (excluding diaryl/α,β-unsaturated/α-hetero) is 2. The number of carbonyl (C=O) groups is 3. The van der Waals surface area contributed by atoms with E-state index in [1.54, 1.807) is 24.3 Å². The van der Waals surface area contributed by atoms with E-state index in [1.165, 1.54) is 24.3 Å². The molecule has 24 heavy (non-hydrogen) atoms. The van der Waals surface area contributed by atoms with Gasteiger partial charge in [-0.05, 0) is 24.3 Å². The fourth-order valence-electron chi connectivity index (χ4n) is 2.46. The van der Waals surface area contributed by atoms with Gasteiger partial charge in [-0.3, -0.25) is 9.59 Å². The molecule has 1 amide bonds. The van der Waals surface area contributed by atoms with Crippen LogP contribution in [0.3, 0.4) is 0 Å². The van der Waals surface area contributed by atoms with E-state index in [0.29, 0.717) is 0 Å². The van der Waals surface area contributed by atoms with Gasteiger partial charge in [0.25, 0.3) is 0 Å². The quantitative estimate of drug-likeness (QED) is 0.799. The summed E-state index contributed by atoms with van der Waals surface area (Å²) in [6.07, 6.45) is -1.41. The predicted octanol–water partition coefficient (Wildman–Crippen LogP) is 4.46. The average Bonchev–Trinajstić information content (AvgIpc) is 2.57. The molecular weight excluding hydrogens is 398 g/mol. The second-order valence-corrected chi connectivity index (χ2v) is 6.25. The number of amides is 1. The third-order valence-corrected chi connectivity index (χ3v) is 4.42. The van der Waals surface area contributed by atoms with Gasteiger partial charge < -0.3 is 5.11 Å². The summed E-state index contributed by atoms with van der Waals surface area (Å²) in [7, 11) is 0. The first-order valence-corrected chi connectivity index (χ1v) is 7.95. The fraction of sp³-hybridized carbons (Fsp3) is 0. The summed E-state index contributed by atoms with van der Waals surface area (Å²) in [5.74, 6) is -1.19. The Morgan fingerprint density at radius 3 is 2.04 bits per heavy atom. The van der Waals surface area contributed by atoms with Crippen LogP contribution >= 0.6 is 27.5 Å². The summed E-state index contributed by atoms with van der Waals surface area (Å²) in [5.41, 5.74) is 0.136. The van der Waals surface area contributed by atoms with Crippen molar-refractivity contribution in [3.8, 4) is 0 Å². The van der Waals surface area contributed by atoms with E-state index in [0.717, 1.165) is 9.37 Å². The SMILES string of the molecule is O=C1C(Cl)=C(N(C(=O)O)c2ccc(Br)cc2)C(=O)c2ccccc21. The van der Waals surface area contributed by atoms with Crippen molar-refractivity contribution >= 4 is 50.9 Å². The van der Waals surface area contributed by atoms with E-state index < -0.39 is 22.7 Å². The number of fused-ring (bicyclic) bond motifs is 1. The largest absolute Gasteiger partial charge is 0.464 e. The molecule has 5 nitrogen and oxygen atoms in total. The van der Waals surface area contributed by atoms with Gasteiger partial charge in [-0.25, -0.2) is 9.69 Å². The van der Waals surface area contributed by atoms with Crippen LogP contribution in [-0.4, -0.2) is 22.8 Å². The maximum Gasteiger partial charge on any atom is 0.416 e. The van der Waals surface area contributed by atoms with Crippen LogP contribution in [0.2, 0.25) is 0 Å². The lowest BCUT2D eigenvalue weighted by Gasteiger charge is -2.26. The van der Waals surface area contributed by atoms with E-state index in [1.807, 2.05) is 0 Å². The zero-order valence-electron chi connectivity index (χ0n) is 12.0. The number of anilines is 1.